The van der Waals surface area contributed by atoms with E-state index >= 15 is 0 Å². The molecule has 3 nitrogen and oxygen atoms in total. The van der Waals surface area contributed by atoms with Crippen LogP contribution in [0.3, 0.4) is 0 Å². The molecule has 18 heavy (non-hydrogen) atoms. The Balaban J connectivity index is 1.78. The maximum absolute atomic E-state index is 6.26. The summed E-state index contributed by atoms with van der Waals surface area (Å²) in [5.74, 6) is 1.30. The molecule has 4 rings (SSSR count). The molecule has 0 spiro atoms. The second-order valence-corrected chi connectivity index (χ2v) is 7.03. The van der Waals surface area contributed by atoms with Crippen LogP contribution in [0, 0.1) is 17.3 Å². The monoisotopic (exact) mass is 249 g/mol. The van der Waals surface area contributed by atoms with Gasteiger partial charge in [0.15, 0.2) is 0 Å². The standard InChI is InChI=1S/C14H24BNO2/c1-5-6-12(16)15-17-11-8-9-7-10(13(9,2)3)14(11,4)18-15/h5,9-12H,1,6-8,16H2,2-4H3/t9?,10?,11?,12?,14-/m0/s1. The van der Waals surface area contributed by atoms with Crippen LogP contribution in [-0.4, -0.2) is 24.8 Å². The lowest BCUT2D eigenvalue weighted by Crippen LogP contribution is -2.65. The largest absolute Gasteiger partial charge is 0.475 e. The third-order valence-corrected chi connectivity index (χ3v) is 5.76. The molecule has 1 aliphatic heterocycles. The fraction of sp³-hybridized carbons (Fsp3) is 0.857. The van der Waals surface area contributed by atoms with Crippen LogP contribution >= 0.6 is 0 Å². The zero-order valence-corrected chi connectivity index (χ0v) is 11.7. The first-order valence-electron chi connectivity index (χ1n) is 7.09. The van der Waals surface area contributed by atoms with Crippen molar-refractivity contribution in [3.8, 4) is 0 Å². The minimum atomic E-state index is -0.256. The molecule has 4 aliphatic rings. The summed E-state index contributed by atoms with van der Waals surface area (Å²) in [5, 5.41) is 0. The number of hydrogen-bond donors (Lipinski definition) is 1. The average molecular weight is 249 g/mol. The molecule has 0 aromatic carbocycles. The van der Waals surface area contributed by atoms with Gasteiger partial charge in [0.2, 0.25) is 0 Å². The molecule has 3 aliphatic carbocycles. The van der Waals surface area contributed by atoms with Crippen molar-refractivity contribution in [3.63, 3.8) is 0 Å². The first-order chi connectivity index (χ1) is 8.39. The summed E-state index contributed by atoms with van der Waals surface area (Å²) in [6.45, 7) is 10.7. The second-order valence-electron chi connectivity index (χ2n) is 7.03. The van der Waals surface area contributed by atoms with Crippen LogP contribution in [0.2, 0.25) is 0 Å². The van der Waals surface area contributed by atoms with Crippen molar-refractivity contribution in [3.05, 3.63) is 12.7 Å². The molecule has 100 valence electrons. The Morgan fingerprint density at radius 1 is 1.44 bits per heavy atom. The molecule has 4 unspecified atom stereocenters. The molecule has 5 atom stereocenters. The summed E-state index contributed by atoms with van der Waals surface area (Å²) in [5.41, 5.74) is 6.37. The van der Waals surface area contributed by atoms with Gasteiger partial charge in [-0.3, -0.25) is 0 Å². The highest BCUT2D eigenvalue weighted by Gasteiger charge is 2.68. The third kappa shape index (κ3) is 1.49. The normalized spacial score (nSPS) is 46.2. The van der Waals surface area contributed by atoms with Gasteiger partial charge in [0.1, 0.15) is 0 Å². The molecular weight excluding hydrogens is 225 g/mol. The summed E-state index contributed by atoms with van der Waals surface area (Å²) in [4.78, 5) is 0. The smallest absolute Gasteiger partial charge is 0.404 e. The SMILES string of the molecule is C=CCC(N)B1OC2CC3CC(C3(C)C)[C@]2(C)O1. The zero-order valence-electron chi connectivity index (χ0n) is 11.7. The molecule has 1 saturated heterocycles. The summed E-state index contributed by atoms with van der Waals surface area (Å²) in [7, 11) is -0.256. The van der Waals surface area contributed by atoms with Gasteiger partial charge < -0.3 is 15.0 Å². The lowest BCUT2D eigenvalue weighted by molar-refractivity contribution is -0.199. The molecule has 1 heterocycles. The van der Waals surface area contributed by atoms with Crippen molar-refractivity contribution >= 4 is 7.12 Å². The lowest BCUT2D eigenvalue weighted by Gasteiger charge is -2.64. The molecule has 2 bridgehead atoms. The summed E-state index contributed by atoms with van der Waals surface area (Å²) in [6.07, 6.45) is 5.22. The Labute approximate surface area is 110 Å². The van der Waals surface area contributed by atoms with Crippen molar-refractivity contribution in [2.75, 3.05) is 0 Å². The highest BCUT2D eigenvalue weighted by molar-refractivity contribution is 6.47. The number of nitrogens with two attached hydrogens (primary N) is 1. The lowest BCUT2D eigenvalue weighted by atomic mass is 9.43. The quantitative estimate of drug-likeness (QED) is 0.615. The van der Waals surface area contributed by atoms with Crippen molar-refractivity contribution in [2.24, 2.45) is 23.0 Å². The minimum Gasteiger partial charge on any atom is -0.404 e. The van der Waals surface area contributed by atoms with E-state index in [0.29, 0.717) is 11.3 Å². The number of hydrogen-bond acceptors (Lipinski definition) is 3. The molecule has 4 fully saturated rings. The Morgan fingerprint density at radius 2 is 2.17 bits per heavy atom. The number of rotatable bonds is 3. The van der Waals surface area contributed by atoms with Gasteiger partial charge in [-0.25, -0.2) is 0 Å². The Bertz CT molecular complexity index is 373. The molecule has 0 amide bonds. The van der Waals surface area contributed by atoms with Gasteiger partial charge in [0.25, 0.3) is 0 Å². The summed E-state index contributed by atoms with van der Waals surface area (Å²) < 4.78 is 12.3. The van der Waals surface area contributed by atoms with Gasteiger partial charge >= 0.3 is 7.12 Å². The minimum absolute atomic E-state index is 0.0924. The predicted octanol–water partition coefficient (Wildman–Crippen LogP) is 2.16. The van der Waals surface area contributed by atoms with Crippen LogP contribution in [0.25, 0.3) is 0 Å². The van der Waals surface area contributed by atoms with Crippen LogP contribution < -0.4 is 5.73 Å². The Kier molecular flexibility index (Phi) is 2.71. The van der Waals surface area contributed by atoms with Crippen LogP contribution in [0.4, 0.5) is 0 Å². The highest BCUT2D eigenvalue weighted by atomic mass is 16.7. The van der Waals surface area contributed by atoms with Gasteiger partial charge in [-0.15, -0.1) is 6.58 Å². The van der Waals surface area contributed by atoms with Gasteiger partial charge in [0, 0.05) is 5.94 Å². The zero-order chi connectivity index (χ0) is 13.1. The van der Waals surface area contributed by atoms with Gasteiger partial charge in [-0.05, 0) is 43.4 Å². The van der Waals surface area contributed by atoms with Gasteiger partial charge in [0.05, 0.1) is 11.7 Å². The third-order valence-electron chi connectivity index (χ3n) is 5.76. The van der Waals surface area contributed by atoms with Crippen LogP contribution in [0.15, 0.2) is 12.7 Å². The maximum Gasteiger partial charge on any atom is 0.475 e. The van der Waals surface area contributed by atoms with Crippen LogP contribution in [-0.2, 0) is 9.31 Å². The van der Waals surface area contributed by atoms with Crippen molar-refractivity contribution in [2.45, 2.75) is 57.7 Å². The predicted molar refractivity (Wildman–Crippen MR) is 72.9 cm³/mol. The van der Waals surface area contributed by atoms with Crippen LogP contribution in [0.5, 0.6) is 0 Å². The van der Waals surface area contributed by atoms with Crippen LogP contribution in [0.1, 0.15) is 40.0 Å². The summed E-state index contributed by atoms with van der Waals surface area (Å²) in [6, 6.07) is 0. The maximum atomic E-state index is 6.26. The molecule has 2 N–H and O–H groups in total. The van der Waals surface area contributed by atoms with E-state index in [-0.39, 0.29) is 24.8 Å². The molecule has 0 aromatic rings. The van der Waals surface area contributed by atoms with E-state index < -0.39 is 0 Å². The first-order valence-corrected chi connectivity index (χ1v) is 7.09. The van der Waals surface area contributed by atoms with E-state index in [1.807, 2.05) is 6.08 Å². The van der Waals surface area contributed by atoms with Gasteiger partial charge in [-0.2, -0.15) is 0 Å². The molecular formula is C14H24BNO2. The van der Waals surface area contributed by atoms with E-state index in [4.69, 9.17) is 15.0 Å². The fourth-order valence-corrected chi connectivity index (χ4v) is 4.39. The van der Waals surface area contributed by atoms with E-state index in [1.54, 1.807) is 0 Å². The second kappa shape index (κ2) is 3.84. The molecule has 0 aromatic heterocycles. The van der Waals surface area contributed by atoms with Crippen molar-refractivity contribution in [1.29, 1.82) is 0 Å². The van der Waals surface area contributed by atoms with E-state index in [2.05, 4.69) is 27.4 Å². The van der Waals surface area contributed by atoms with Crippen molar-refractivity contribution < 1.29 is 9.31 Å². The Morgan fingerprint density at radius 3 is 2.78 bits per heavy atom. The topological polar surface area (TPSA) is 44.5 Å². The van der Waals surface area contributed by atoms with E-state index in [9.17, 15) is 0 Å². The molecule has 4 heteroatoms. The van der Waals surface area contributed by atoms with E-state index in [0.717, 1.165) is 18.8 Å². The fourth-order valence-electron chi connectivity index (χ4n) is 4.39. The highest BCUT2D eigenvalue weighted by Crippen LogP contribution is 2.65. The molecule has 0 radical (unpaired) electrons. The average Bonchev–Trinajstić information content (AvgIpc) is 2.65. The van der Waals surface area contributed by atoms with E-state index in [1.165, 1.54) is 6.42 Å². The Hall–Kier alpha value is -0.315. The van der Waals surface area contributed by atoms with Gasteiger partial charge in [-0.1, -0.05) is 19.9 Å². The molecule has 3 saturated carbocycles. The van der Waals surface area contributed by atoms with Crippen molar-refractivity contribution in [1.82, 2.24) is 0 Å². The first kappa shape index (κ1) is 12.7. The summed E-state index contributed by atoms with van der Waals surface area (Å²) >= 11 is 0.